The Kier molecular flexibility index (Phi) is 5.33. The third kappa shape index (κ3) is 3.82. The summed E-state index contributed by atoms with van der Waals surface area (Å²) < 4.78 is 11.3. The van der Waals surface area contributed by atoms with Crippen molar-refractivity contribution < 1.29 is 23.9 Å². The molecule has 2 aliphatic rings. The summed E-state index contributed by atoms with van der Waals surface area (Å²) in [5.74, 6) is 0.359. The van der Waals surface area contributed by atoms with Gasteiger partial charge in [0, 0.05) is 11.0 Å². The van der Waals surface area contributed by atoms with Crippen molar-refractivity contribution in [2.45, 2.75) is 13.3 Å². The van der Waals surface area contributed by atoms with Crippen molar-refractivity contribution in [2.75, 3.05) is 19.9 Å². The number of benzene rings is 1. The van der Waals surface area contributed by atoms with Crippen LogP contribution in [0.4, 0.5) is 4.79 Å². The van der Waals surface area contributed by atoms with Crippen molar-refractivity contribution in [1.82, 2.24) is 10.2 Å². The summed E-state index contributed by atoms with van der Waals surface area (Å²) in [4.78, 5) is 37.5. The molecule has 25 heavy (non-hydrogen) atoms. The average molecular weight is 427 g/mol. The van der Waals surface area contributed by atoms with E-state index in [9.17, 15) is 14.4 Å². The first-order valence-corrected chi connectivity index (χ1v) is 9.21. The second-order valence-electron chi connectivity index (χ2n) is 5.34. The minimum Gasteiger partial charge on any atom is -0.454 e. The molecule has 0 unspecified atom stereocenters. The van der Waals surface area contributed by atoms with Gasteiger partial charge in [-0.25, -0.2) is 0 Å². The lowest BCUT2D eigenvalue weighted by Crippen LogP contribution is -2.39. The predicted octanol–water partition coefficient (Wildman–Crippen LogP) is 2.74. The third-order valence-corrected chi connectivity index (χ3v) is 5.12. The molecule has 1 aromatic rings. The molecule has 2 aliphatic heterocycles. The van der Waals surface area contributed by atoms with Crippen LogP contribution < -0.4 is 14.8 Å². The molecule has 132 valence electrons. The SMILES string of the molecule is CCCNC(=O)CN1C(=O)S/C(=C\c2cc3c(cc2Br)OCO3)C1=O. The predicted molar refractivity (Wildman–Crippen MR) is 96.2 cm³/mol. The number of carbonyl (C=O) groups excluding carboxylic acids is 3. The van der Waals surface area contributed by atoms with Gasteiger partial charge >= 0.3 is 0 Å². The van der Waals surface area contributed by atoms with Gasteiger partial charge in [0.15, 0.2) is 11.5 Å². The summed E-state index contributed by atoms with van der Waals surface area (Å²) in [5.41, 5.74) is 0.685. The zero-order valence-electron chi connectivity index (χ0n) is 13.3. The summed E-state index contributed by atoms with van der Waals surface area (Å²) in [6.45, 7) is 2.31. The van der Waals surface area contributed by atoms with E-state index in [4.69, 9.17) is 9.47 Å². The Morgan fingerprint density at radius 1 is 1.36 bits per heavy atom. The van der Waals surface area contributed by atoms with E-state index in [1.165, 1.54) is 0 Å². The first-order valence-electron chi connectivity index (χ1n) is 7.60. The molecule has 3 rings (SSSR count). The number of halogens is 1. The molecule has 0 atom stereocenters. The molecule has 0 aromatic heterocycles. The largest absolute Gasteiger partial charge is 0.454 e. The Bertz CT molecular complexity index is 780. The second kappa shape index (κ2) is 7.49. The highest BCUT2D eigenvalue weighted by molar-refractivity contribution is 9.10. The summed E-state index contributed by atoms with van der Waals surface area (Å²) in [7, 11) is 0. The molecule has 1 aromatic carbocycles. The highest BCUT2D eigenvalue weighted by atomic mass is 79.9. The van der Waals surface area contributed by atoms with Gasteiger partial charge in [-0.15, -0.1) is 0 Å². The van der Waals surface area contributed by atoms with Gasteiger partial charge < -0.3 is 14.8 Å². The van der Waals surface area contributed by atoms with Crippen molar-refractivity contribution in [3.63, 3.8) is 0 Å². The Morgan fingerprint density at radius 3 is 2.80 bits per heavy atom. The number of hydrogen-bond donors (Lipinski definition) is 1. The van der Waals surface area contributed by atoms with E-state index in [1.54, 1.807) is 18.2 Å². The first kappa shape index (κ1) is 17.8. The van der Waals surface area contributed by atoms with Crippen molar-refractivity contribution in [3.05, 3.63) is 27.1 Å². The van der Waals surface area contributed by atoms with E-state index < -0.39 is 11.1 Å². The Hall–Kier alpha value is -2.00. The number of thioether (sulfide) groups is 1. The highest BCUT2D eigenvalue weighted by Crippen LogP contribution is 2.39. The van der Waals surface area contributed by atoms with Crippen molar-refractivity contribution in [2.24, 2.45) is 0 Å². The molecule has 0 spiro atoms. The van der Waals surface area contributed by atoms with Gasteiger partial charge in [-0.05, 0) is 42.0 Å². The molecule has 1 fully saturated rings. The van der Waals surface area contributed by atoms with E-state index in [2.05, 4.69) is 21.2 Å². The number of nitrogens with zero attached hydrogens (tertiary/aromatic N) is 1. The number of fused-ring (bicyclic) bond motifs is 1. The quantitative estimate of drug-likeness (QED) is 0.728. The monoisotopic (exact) mass is 426 g/mol. The fourth-order valence-corrected chi connectivity index (χ4v) is 3.55. The van der Waals surface area contributed by atoms with Crippen LogP contribution in [-0.4, -0.2) is 41.8 Å². The van der Waals surface area contributed by atoms with Gasteiger partial charge in [0.2, 0.25) is 12.7 Å². The Morgan fingerprint density at radius 2 is 2.08 bits per heavy atom. The lowest BCUT2D eigenvalue weighted by Gasteiger charge is -2.11. The Balaban J connectivity index is 1.78. The van der Waals surface area contributed by atoms with Gasteiger partial charge in [0.25, 0.3) is 11.1 Å². The van der Waals surface area contributed by atoms with Crippen LogP contribution in [-0.2, 0) is 9.59 Å². The van der Waals surface area contributed by atoms with Crippen LogP contribution in [0.25, 0.3) is 6.08 Å². The van der Waals surface area contributed by atoms with E-state index in [0.29, 0.717) is 28.1 Å². The van der Waals surface area contributed by atoms with Crippen LogP contribution in [0.2, 0.25) is 0 Å². The van der Waals surface area contributed by atoms with Gasteiger partial charge in [0.1, 0.15) is 6.54 Å². The normalized spacial score (nSPS) is 17.5. The lowest BCUT2D eigenvalue weighted by molar-refractivity contribution is -0.129. The fraction of sp³-hybridized carbons (Fsp3) is 0.312. The molecule has 7 nitrogen and oxygen atoms in total. The number of amides is 3. The molecule has 0 bridgehead atoms. The maximum atomic E-state index is 12.4. The smallest absolute Gasteiger partial charge is 0.294 e. The topological polar surface area (TPSA) is 84.9 Å². The summed E-state index contributed by atoms with van der Waals surface area (Å²) in [6, 6.07) is 3.48. The van der Waals surface area contributed by atoms with Crippen LogP contribution in [0.1, 0.15) is 18.9 Å². The number of rotatable bonds is 5. The molecule has 1 saturated heterocycles. The van der Waals surface area contributed by atoms with Crippen molar-refractivity contribution >= 4 is 50.8 Å². The van der Waals surface area contributed by atoms with E-state index in [1.807, 2.05) is 6.92 Å². The van der Waals surface area contributed by atoms with E-state index >= 15 is 0 Å². The maximum absolute atomic E-state index is 12.4. The van der Waals surface area contributed by atoms with Crippen LogP contribution >= 0.6 is 27.7 Å². The minimum absolute atomic E-state index is 0.147. The summed E-state index contributed by atoms with van der Waals surface area (Å²) >= 11 is 4.22. The fourth-order valence-electron chi connectivity index (χ4n) is 2.28. The molecule has 0 aliphatic carbocycles. The zero-order chi connectivity index (χ0) is 18.0. The van der Waals surface area contributed by atoms with Gasteiger partial charge in [-0.2, -0.15) is 0 Å². The van der Waals surface area contributed by atoms with Gasteiger partial charge in [-0.1, -0.05) is 22.9 Å². The molecular formula is C16H15BrN2O5S. The summed E-state index contributed by atoms with van der Waals surface area (Å²) in [6.07, 6.45) is 2.38. The number of imide groups is 1. The first-order chi connectivity index (χ1) is 12.0. The molecule has 1 N–H and O–H groups in total. The summed E-state index contributed by atoms with van der Waals surface area (Å²) in [5, 5.41) is 2.19. The van der Waals surface area contributed by atoms with Crippen LogP contribution in [0.15, 0.2) is 21.5 Å². The van der Waals surface area contributed by atoms with Gasteiger partial charge in [0.05, 0.1) is 4.91 Å². The number of carbonyl (C=O) groups is 3. The highest BCUT2D eigenvalue weighted by Gasteiger charge is 2.36. The van der Waals surface area contributed by atoms with E-state index in [0.717, 1.165) is 23.1 Å². The van der Waals surface area contributed by atoms with Crippen molar-refractivity contribution in [1.29, 1.82) is 0 Å². The zero-order valence-corrected chi connectivity index (χ0v) is 15.7. The average Bonchev–Trinajstić information content (AvgIpc) is 3.12. The van der Waals surface area contributed by atoms with Crippen LogP contribution in [0.5, 0.6) is 11.5 Å². The molecule has 3 amide bonds. The number of hydrogen-bond acceptors (Lipinski definition) is 6. The molecule has 9 heteroatoms. The molecule has 0 radical (unpaired) electrons. The van der Waals surface area contributed by atoms with Gasteiger partial charge in [-0.3, -0.25) is 19.3 Å². The Labute approximate surface area is 156 Å². The third-order valence-electron chi connectivity index (χ3n) is 3.53. The van der Waals surface area contributed by atoms with Crippen LogP contribution in [0, 0.1) is 0 Å². The standard InChI is InChI=1S/C16H15BrN2O5S/c1-2-3-18-14(20)7-19-15(21)13(25-16(19)22)5-9-4-11-12(6-10(9)17)24-8-23-11/h4-6H,2-3,7-8H2,1H3,(H,18,20)/b13-5-. The molecular weight excluding hydrogens is 412 g/mol. The number of ether oxygens (including phenoxy) is 2. The second-order valence-corrected chi connectivity index (χ2v) is 7.19. The molecule has 2 heterocycles. The van der Waals surface area contributed by atoms with E-state index in [-0.39, 0.29) is 24.2 Å². The minimum atomic E-state index is -0.480. The number of nitrogens with one attached hydrogen (secondary N) is 1. The maximum Gasteiger partial charge on any atom is 0.294 e. The molecule has 0 saturated carbocycles. The van der Waals surface area contributed by atoms with Crippen LogP contribution in [0.3, 0.4) is 0 Å². The van der Waals surface area contributed by atoms with Crippen molar-refractivity contribution in [3.8, 4) is 11.5 Å². The lowest BCUT2D eigenvalue weighted by atomic mass is 10.2.